The summed E-state index contributed by atoms with van der Waals surface area (Å²) in [5, 5.41) is 2.35. The number of carbonyl (C=O) groups excluding carboxylic acids is 3. The maximum Gasteiger partial charge on any atom is 0.242 e. The van der Waals surface area contributed by atoms with E-state index in [2.05, 4.69) is 5.32 Å². The molecule has 1 aliphatic heterocycles. The second kappa shape index (κ2) is 5.80. The SMILES string of the molecule is CC(C)C(=O)[C@@H]1[C@H](C)CCN1C(=O)CNC=O. The summed E-state index contributed by atoms with van der Waals surface area (Å²) in [5.74, 6) is 0.0508. The van der Waals surface area contributed by atoms with E-state index in [-0.39, 0.29) is 36.1 Å². The molecular formula is C12H20N2O3. The van der Waals surface area contributed by atoms with Crippen LogP contribution in [0, 0.1) is 11.8 Å². The molecule has 1 saturated heterocycles. The third-order valence-corrected chi connectivity index (χ3v) is 3.22. The largest absolute Gasteiger partial charge is 0.350 e. The number of nitrogens with one attached hydrogen (secondary N) is 1. The van der Waals surface area contributed by atoms with Crippen LogP contribution in [-0.2, 0) is 14.4 Å². The van der Waals surface area contributed by atoms with E-state index in [0.29, 0.717) is 13.0 Å². The number of ketones is 1. The molecule has 5 heteroatoms. The van der Waals surface area contributed by atoms with Crippen molar-refractivity contribution in [2.24, 2.45) is 11.8 Å². The quantitative estimate of drug-likeness (QED) is 0.698. The summed E-state index contributed by atoms with van der Waals surface area (Å²) >= 11 is 0. The lowest BCUT2D eigenvalue weighted by Crippen LogP contribution is -2.47. The number of likely N-dealkylation sites (tertiary alicyclic amines) is 1. The molecule has 0 saturated carbocycles. The highest BCUT2D eigenvalue weighted by Crippen LogP contribution is 2.26. The average molecular weight is 240 g/mol. The van der Waals surface area contributed by atoms with Crippen LogP contribution < -0.4 is 5.32 Å². The first-order valence-electron chi connectivity index (χ1n) is 5.99. The fourth-order valence-electron chi connectivity index (χ4n) is 2.23. The van der Waals surface area contributed by atoms with Gasteiger partial charge in [0.05, 0.1) is 12.6 Å². The minimum Gasteiger partial charge on any atom is -0.350 e. The van der Waals surface area contributed by atoms with E-state index in [4.69, 9.17) is 0 Å². The molecule has 1 rings (SSSR count). The van der Waals surface area contributed by atoms with Gasteiger partial charge in [0, 0.05) is 12.5 Å². The summed E-state index contributed by atoms with van der Waals surface area (Å²) in [6.07, 6.45) is 1.34. The van der Waals surface area contributed by atoms with Crippen molar-refractivity contribution in [2.45, 2.75) is 33.2 Å². The van der Waals surface area contributed by atoms with Gasteiger partial charge in [-0.05, 0) is 12.3 Å². The molecule has 17 heavy (non-hydrogen) atoms. The first-order chi connectivity index (χ1) is 7.99. The summed E-state index contributed by atoms with van der Waals surface area (Å²) in [6.45, 7) is 6.26. The topological polar surface area (TPSA) is 66.5 Å². The predicted molar refractivity (Wildman–Crippen MR) is 63.2 cm³/mol. The summed E-state index contributed by atoms with van der Waals surface area (Å²) in [7, 11) is 0. The van der Waals surface area contributed by atoms with Gasteiger partial charge in [0.1, 0.15) is 0 Å². The van der Waals surface area contributed by atoms with Gasteiger partial charge in [-0.25, -0.2) is 0 Å². The fraction of sp³-hybridized carbons (Fsp3) is 0.750. The Kier molecular flexibility index (Phi) is 4.66. The molecule has 0 aliphatic carbocycles. The second-order valence-corrected chi connectivity index (χ2v) is 4.85. The van der Waals surface area contributed by atoms with Gasteiger partial charge in [0.15, 0.2) is 5.78 Å². The minimum atomic E-state index is -0.323. The van der Waals surface area contributed by atoms with E-state index < -0.39 is 0 Å². The summed E-state index contributed by atoms with van der Waals surface area (Å²) < 4.78 is 0. The van der Waals surface area contributed by atoms with Crippen molar-refractivity contribution in [1.29, 1.82) is 0 Å². The van der Waals surface area contributed by atoms with Crippen molar-refractivity contribution in [3.63, 3.8) is 0 Å². The second-order valence-electron chi connectivity index (χ2n) is 4.85. The van der Waals surface area contributed by atoms with Crippen molar-refractivity contribution in [1.82, 2.24) is 10.2 Å². The van der Waals surface area contributed by atoms with Crippen molar-refractivity contribution < 1.29 is 14.4 Å². The van der Waals surface area contributed by atoms with E-state index in [1.807, 2.05) is 20.8 Å². The molecule has 0 radical (unpaired) electrons. The number of carbonyl (C=O) groups is 3. The molecule has 2 amide bonds. The lowest BCUT2D eigenvalue weighted by atomic mass is 9.92. The maximum absolute atomic E-state index is 12.1. The van der Waals surface area contributed by atoms with Gasteiger partial charge in [-0.3, -0.25) is 14.4 Å². The van der Waals surface area contributed by atoms with Crippen LogP contribution in [0.15, 0.2) is 0 Å². The van der Waals surface area contributed by atoms with Gasteiger partial charge in [-0.15, -0.1) is 0 Å². The monoisotopic (exact) mass is 240 g/mol. The van der Waals surface area contributed by atoms with E-state index >= 15 is 0 Å². The molecule has 0 spiro atoms. The van der Waals surface area contributed by atoms with Crippen LogP contribution in [0.4, 0.5) is 0 Å². The highest BCUT2D eigenvalue weighted by atomic mass is 16.2. The third kappa shape index (κ3) is 3.05. The molecule has 0 aromatic carbocycles. The summed E-state index contributed by atoms with van der Waals surface area (Å²) in [5.41, 5.74) is 0. The van der Waals surface area contributed by atoms with Crippen molar-refractivity contribution in [3.05, 3.63) is 0 Å². The normalized spacial score (nSPS) is 23.9. The van der Waals surface area contributed by atoms with Crippen molar-refractivity contribution >= 4 is 18.1 Å². The number of amides is 2. The zero-order valence-corrected chi connectivity index (χ0v) is 10.6. The van der Waals surface area contributed by atoms with Gasteiger partial charge < -0.3 is 10.2 Å². The Morgan fingerprint density at radius 3 is 2.65 bits per heavy atom. The lowest BCUT2D eigenvalue weighted by Gasteiger charge is -2.27. The highest BCUT2D eigenvalue weighted by Gasteiger charge is 2.39. The smallest absolute Gasteiger partial charge is 0.242 e. The molecule has 5 nitrogen and oxygen atoms in total. The predicted octanol–water partition coefficient (Wildman–Crippen LogP) is 0.195. The van der Waals surface area contributed by atoms with E-state index in [1.54, 1.807) is 4.90 Å². The van der Waals surface area contributed by atoms with Crippen LogP contribution in [0.3, 0.4) is 0 Å². The van der Waals surface area contributed by atoms with Gasteiger partial charge in [-0.1, -0.05) is 20.8 Å². The Morgan fingerprint density at radius 1 is 1.47 bits per heavy atom. The third-order valence-electron chi connectivity index (χ3n) is 3.22. The number of rotatable bonds is 5. The molecule has 2 atom stereocenters. The van der Waals surface area contributed by atoms with E-state index in [1.165, 1.54) is 0 Å². The maximum atomic E-state index is 12.1. The Morgan fingerprint density at radius 2 is 2.12 bits per heavy atom. The Balaban J connectivity index is 2.74. The van der Waals surface area contributed by atoms with Gasteiger partial charge in [0.2, 0.25) is 12.3 Å². The summed E-state index contributed by atoms with van der Waals surface area (Å²) in [6, 6.07) is -0.323. The fourth-order valence-corrected chi connectivity index (χ4v) is 2.23. The number of hydrogen-bond donors (Lipinski definition) is 1. The van der Waals surface area contributed by atoms with Crippen LogP contribution in [0.25, 0.3) is 0 Å². The molecule has 1 heterocycles. The molecule has 0 bridgehead atoms. The van der Waals surface area contributed by atoms with Gasteiger partial charge >= 0.3 is 0 Å². The molecule has 96 valence electrons. The lowest BCUT2D eigenvalue weighted by molar-refractivity contribution is -0.139. The Bertz CT molecular complexity index is 315. The van der Waals surface area contributed by atoms with Gasteiger partial charge in [0.25, 0.3) is 0 Å². The number of hydrogen-bond acceptors (Lipinski definition) is 3. The summed E-state index contributed by atoms with van der Waals surface area (Å²) in [4.78, 5) is 35.7. The van der Waals surface area contributed by atoms with Crippen molar-refractivity contribution in [3.8, 4) is 0 Å². The van der Waals surface area contributed by atoms with Crippen LogP contribution in [-0.4, -0.2) is 42.1 Å². The molecule has 0 aromatic heterocycles. The van der Waals surface area contributed by atoms with Crippen LogP contribution in [0.2, 0.25) is 0 Å². The molecule has 1 fully saturated rings. The first-order valence-corrected chi connectivity index (χ1v) is 5.99. The van der Waals surface area contributed by atoms with Crippen LogP contribution in [0.1, 0.15) is 27.2 Å². The highest BCUT2D eigenvalue weighted by molar-refractivity contribution is 5.91. The minimum absolute atomic E-state index is 0.0297. The molecule has 0 aromatic rings. The number of nitrogens with zero attached hydrogens (tertiary/aromatic N) is 1. The van der Waals surface area contributed by atoms with Crippen LogP contribution >= 0.6 is 0 Å². The van der Waals surface area contributed by atoms with Gasteiger partial charge in [-0.2, -0.15) is 0 Å². The van der Waals surface area contributed by atoms with E-state index in [9.17, 15) is 14.4 Å². The average Bonchev–Trinajstić information content (AvgIpc) is 2.66. The van der Waals surface area contributed by atoms with Crippen molar-refractivity contribution in [2.75, 3.05) is 13.1 Å². The Labute approximate surface area is 102 Å². The first kappa shape index (κ1) is 13.7. The molecule has 0 unspecified atom stereocenters. The number of Topliss-reactive ketones (excluding diaryl/α,β-unsaturated/α-hetero) is 1. The zero-order chi connectivity index (χ0) is 13.0. The molecular weight excluding hydrogens is 220 g/mol. The Hall–Kier alpha value is -1.39. The standard InChI is InChI=1S/C12H20N2O3/c1-8(2)12(17)11-9(3)4-5-14(11)10(16)6-13-7-15/h7-9,11H,4-6H2,1-3H3,(H,13,15)/t9-,11+/m1/s1. The zero-order valence-electron chi connectivity index (χ0n) is 10.6. The molecule has 1 aliphatic rings. The molecule has 1 N–H and O–H groups in total. The van der Waals surface area contributed by atoms with Crippen LogP contribution in [0.5, 0.6) is 0 Å². The van der Waals surface area contributed by atoms with E-state index in [0.717, 1.165) is 6.42 Å².